The Morgan fingerprint density at radius 2 is 2.38 bits per heavy atom. The molecule has 5 nitrogen and oxygen atoms in total. The molecule has 13 heavy (non-hydrogen) atoms. The quantitative estimate of drug-likeness (QED) is 0.514. The SMILES string of the molecule is CN(CCN)CC(=O)NCCC#N. The van der Waals surface area contributed by atoms with E-state index in [2.05, 4.69) is 5.32 Å². The largest absolute Gasteiger partial charge is 0.354 e. The van der Waals surface area contributed by atoms with E-state index in [9.17, 15) is 4.79 Å². The first kappa shape index (κ1) is 11.9. The molecule has 0 radical (unpaired) electrons. The van der Waals surface area contributed by atoms with Crippen LogP contribution < -0.4 is 11.1 Å². The minimum absolute atomic E-state index is 0.0637. The highest BCUT2D eigenvalue weighted by Crippen LogP contribution is 1.80. The van der Waals surface area contributed by atoms with Gasteiger partial charge in [0.1, 0.15) is 0 Å². The fraction of sp³-hybridized carbons (Fsp3) is 0.750. The number of nitrogens with two attached hydrogens (primary N) is 1. The Morgan fingerprint density at radius 1 is 1.69 bits per heavy atom. The summed E-state index contributed by atoms with van der Waals surface area (Å²) in [6.45, 7) is 2.00. The maximum Gasteiger partial charge on any atom is 0.234 e. The molecule has 0 fully saturated rings. The van der Waals surface area contributed by atoms with Gasteiger partial charge in [0.2, 0.25) is 5.91 Å². The Morgan fingerprint density at radius 3 is 2.92 bits per heavy atom. The number of rotatable bonds is 6. The van der Waals surface area contributed by atoms with E-state index in [1.807, 2.05) is 18.0 Å². The summed E-state index contributed by atoms with van der Waals surface area (Å²) in [5, 5.41) is 10.8. The standard InChI is InChI=1S/C8H16N4O/c1-12(6-4-10)7-8(13)11-5-2-3-9/h2,4-7,10H2,1H3,(H,11,13). The van der Waals surface area contributed by atoms with Crippen LogP contribution in [0, 0.1) is 11.3 Å². The molecule has 0 aliphatic carbocycles. The van der Waals surface area contributed by atoms with Gasteiger partial charge in [-0.15, -0.1) is 0 Å². The molecule has 0 spiro atoms. The molecule has 0 aromatic heterocycles. The Kier molecular flexibility index (Phi) is 6.88. The molecule has 0 aliphatic heterocycles. The van der Waals surface area contributed by atoms with Crippen molar-refractivity contribution in [1.82, 2.24) is 10.2 Å². The molecule has 0 saturated carbocycles. The molecule has 5 heteroatoms. The molecule has 0 bridgehead atoms. The van der Waals surface area contributed by atoms with Crippen molar-refractivity contribution in [3.8, 4) is 6.07 Å². The average Bonchev–Trinajstić information content (AvgIpc) is 2.05. The molecule has 1 amide bonds. The number of likely N-dealkylation sites (N-methyl/N-ethyl adjacent to an activating group) is 1. The number of carbonyl (C=O) groups excluding carboxylic acids is 1. The minimum Gasteiger partial charge on any atom is -0.354 e. The number of amides is 1. The van der Waals surface area contributed by atoms with Crippen molar-refractivity contribution in [3.63, 3.8) is 0 Å². The van der Waals surface area contributed by atoms with Gasteiger partial charge in [-0.1, -0.05) is 0 Å². The summed E-state index contributed by atoms with van der Waals surface area (Å²) in [5.41, 5.74) is 5.31. The summed E-state index contributed by atoms with van der Waals surface area (Å²) in [7, 11) is 1.83. The number of hydrogen-bond donors (Lipinski definition) is 2. The van der Waals surface area contributed by atoms with Crippen molar-refractivity contribution >= 4 is 5.91 Å². The highest BCUT2D eigenvalue weighted by Gasteiger charge is 2.03. The van der Waals surface area contributed by atoms with Crippen LogP contribution in [0.15, 0.2) is 0 Å². The predicted molar refractivity (Wildman–Crippen MR) is 49.8 cm³/mol. The second-order valence-corrected chi connectivity index (χ2v) is 2.78. The van der Waals surface area contributed by atoms with E-state index < -0.39 is 0 Å². The monoisotopic (exact) mass is 184 g/mol. The zero-order chi connectivity index (χ0) is 10.1. The van der Waals surface area contributed by atoms with Crippen LogP contribution in [0.5, 0.6) is 0 Å². The third-order valence-corrected chi connectivity index (χ3v) is 1.48. The van der Waals surface area contributed by atoms with Gasteiger partial charge in [0.05, 0.1) is 19.0 Å². The van der Waals surface area contributed by atoms with Crippen LogP contribution >= 0.6 is 0 Å². The molecule has 0 aliphatic rings. The molecule has 0 atom stereocenters. The molecule has 0 aromatic carbocycles. The van der Waals surface area contributed by atoms with Crippen molar-refractivity contribution in [2.24, 2.45) is 5.73 Å². The fourth-order valence-corrected chi connectivity index (χ4v) is 0.858. The van der Waals surface area contributed by atoms with Gasteiger partial charge in [0.15, 0.2) is 0 Å². The van der Waals surface area contributed by atoms with Crippen LogP contribution in [0.4, 0.5) is 0 Å². The van der Waals surface area contributed by atoms with E-state index in [0.717, 1.165) is 0 Å². The first-order chi connectivity index (χ1) is 6.20. The summed E-state index contributed by atoms with van der Waals surface area (Å²) < 4.78 is 0. The number of nitriles is 1. The lowest BCUT2D eigenvalue weighted by Crippen LogP contribution is -2.37. The first-order valence-electron chi connectivity index (χ1n) is 4.23. The van der Waals surface area contributed by atoms with E-state index in [4.69, 9.17) is 11.0 Å². The zero-order valence-corrected chi connectivity index (χ0v) is 7.92. The topological polar surface area (TPSA) is 82.2 Å². The molecule has 74 valence electrons. The van der Waals surface area contributed by atoms with Gasteiger partial charge in [0, 0.05) is 19.6 Å². The smallest absolute Gasteiger partial charge is 0.234 e. The number of nitrogens with one attached hydrogen (secondary N) is 1. The number of nitrogens with zero attached hydrogens (tertiary/aromatic N) is 2. The highest BCUT2D eigenvalue weighted by atomic mass is 16.1. The Labute approximate surface area is 78.5 Å². The zero-order valence-electron chi connectivity index (χ0n) is 7.92. The summed E-state index contributed by atoms with van der Waals surface area (Å²) in [6.07, 6.45) is 0.354. The molecule has 3 N–H and O–H groups in total. The van der Waals surface area contributed by atoms with Crippen molar-refractivity contribution < 1.29 is 4.79 Å². The average molecular weight is 184 g/mol. The second kappa shape index (κ2) is 7.53. The van der Waals surface area contributed by atoms with E-state index >= 15 is 0 Å². The number of hydrogen-bond acceptors (Lipinski definition) is 4. The Bertz CT molecular complexity index is 187. The summed E-state index contributed by atoms with van der Waals surface area (Å²) in [6, 6.07) is 1.95. The van der Waals surface area contributed by atoms with Gasteiger partial charge in [-0.2, -0.15) is 5.26 Å². The van der Waals surface area contributed by atoms with Gasteiger partial charge in [0.25, 0.3) is 0 Å². The Hall–Kier alpha value is -1.12. The lowest BCUT2D eigenvalue weighted by molar-refractivity contribution is -0.121. The van der Waals surface area contributed by atoms with Gasteiger partial charge < -0.3 is 11.1 Å². The van der Waals surface area contributed by atoms with Gasteiger partial charge >= 0.3 is 0 Å². The summed E-state index contributed by atoms with van der Waals surface area (Å²) >= 11 is 0. The maximum atomic E-state index is 11.1. The molecule has 0 heterocycles. The van der Waals surface area contributed by atoms with E-state index in [1.165, 1.54) is 0 Å². The third kappa shape index (κ3) is 7.25. The van der Waals surface area contributed by atoms with Crippen molar-refractivity contribution in [2.45, 2.75) is 6.42 Å². The number of carbonyl (C=O) groups is 1. The van der Waals surface area contributed by atoms with Crippen LogP contribution in [-0.4, -0.2) is 44.0 Å². The van der Waals surface area contributed by atoms with Crippen molar-refractivity contribution in [3.05, 3.63) is 0 Å². The third-order valence-electron chi connectivity index (χ3n) is 1.48. The van der Waals surface area contributed by atoms with E-state index in [-0.39, 0.29) is 5.91 Å². The summed E-state index contributed by atoms with van der Waals surface area (Å²) in [4.78, 5) is 12.9. The molecule has 0 unspecified atom stereocenters. The van der Waals surface area contributed by atoms with E-state index in [0.29, 0.717) is 32.6 Å². The van der Waals surface area contributed by atoms with Crippen LogP contribution in [0.1, 0.15) is 6.42 Å². The molecule has 0 rings (SSSR count). The van der Waals surface area contributed by atoms with Crippen molar-refractivity contribution in [2.75, 3.05) is 33.2 Å². The Balaban J connectivity index is 3.45. The minimum atomic E-state index is -0.0637. The normalized spacial score (nSPS) is 9.69. The molecular formula is C8H16N4O. The lowest BCUT2D eigenvalue weighted by atomic mass is 10.4. The van der Waals surface area contributed by atoms with Gasteiger partial charge in [-0.3, -0.25) is 9.69 Å². The summed E-state index contributed by atoms with van der Waals surface area (Å²) in [5.74, 6) is -0.0637. The molecule has 0 saturated heterocycles. The highest BCUT2D eigenvalue weighted by molar-refractivity contribution is 5.77. The van der Waals surface area contributed by atoms with Crippen molar-refractivity contribution in [1.29, 1.82) is 5.26 Å². The van der Waals surface area contributed by atoms with Crippen LogP contribution in [0.3, 0.4) is 0 Å². The first-order valence-corrected chi connectivity index (χ1v) is 4.23. The maximum absolute atomic E-state index is 11.1. The van der Waals surface area contributed by atoms with Gasteiger partial charge in [-0.25, -0.2) is 0 Å². The van der Waals surface area contributed by atoms with Crippen LogP contribution in [-0.2, 0) is 4.79 Å². The van der Waals surface area contributed by atoms with Gasteiger partial charge in [-0.05, 0) is 7.05 Å². The van der Waals surface area contributed by atoms with E-state index in [1.54, 1.807) is 0 Å². The molecule has 0 aromatic rings. The predicted octanol–water partition coefficient (Wildman–Crippen LogP) is -1.09. The lowest BCUT2D eigenvalue weighted by Gasteiger charge is -2.14. The fourth-order valence-electron chi connectivity index (χ4n) is 0.858. The second-order valence-electron chi connectivity index (χ2n) is 2.78. The molecular weight excluding hydrogens is 168 g/mol. The van der Waals surface area contributed by atoms with Crippen LogP contribution in [0.2, 0.25) is 0 Å². The van der Waals surface area contributed by atoms with Crippen LogP contribution in [0.25, 0.3) is 0 Å².